The average molecular weight is 323 g/mol. The molecule has 0 aromatic heterocycles. The standard InChI is InChI=1S/C18H33N3O2/c1-5-15(4)20-11-6-8-18(10-12-20)9-7-17(23)21(18)13-16(22)19-14(2)3/h14-15H,5-13H2,1-4H3,(H,19,22)/t15-,18-/m1/s1. The van der Waals surface area contributed by atoms with Gasteiger partial charge in [-0.25, -0.2) is 0 Å². The van der Waals surface area contributed by atoms with Crippen LogP contribution in [0.5, 0.6) is 0 Å². The van der Waals surface area contributed by atoms with E-state index in [1.807, 2.05) is 18.7 Å². The third-order valence-corrected chi connectivity index (χ3v) is 5.60. The Kier molecular flexibility index (Phi) is 6.06. The molecule has 2 aliphatic heterocycles. The number of rotatable bonds is 5. The van der Waals surface area contributed by atoms with E-state index < -0.39 is 0 Å². The molecule has 2 amide bonds. The Morgan fingerprint density at radius 2 is 1.96 bits per heavy atom. The summed E-state index contributed by atoms with van der Waals surface area (Å²) in [5.74, 6) is 0.124. The first-order valence-electron chi connectivity index (χ1n) is 9.22. The van der Waals surface area contributed by atoms with Crippen molar-refractivity contribution in [3.63, 3.8) is 0 Å². The van der Waals surface area contributed by atoms with Crippen molar-refractivity contribution in [3.8, 4) is 0 Å². The summed E-state index contributed by atoms with van der Waals surface area (Å²) in [6.45, 7) is 10.8. The number of carbonyl (C=O) groups excluding carboxylic acids is 2. The van der Waals surface area contributed by atoms with Crippen molar-refractivity contribution in [2.24, 2.45) is 0 Å². The topological polar surface area (TPSA) is 52.7 Å². The third kappa shape index (κ3) is 4.25. The van der Waals surface area contributed by atoms with E-state index in [9.17, 15) is 9.59 Å². The molecule has 23 heavy (non-hydrogen) atoms. The maximum absolute atomic E-state index is 12.4. The zero-order chi connectivity index (χ0) is 17.0. The van der Waals surface area contributed by atoms with Gasteiger partial charge in [-0.2, -0.15) is 0 Å². The first-order valence-corrected chi connectivity index (χ1v) is 9.22. The summed E-state index contributed by atoms with van der Waals surface area (Å²) in [5.41, 5.74) is -0.0897. The summed E-state index contributed by atoms with van der Waals surface area (Å²) in [5, 5.41) is 2.92. The fourth-order valence-electron chi connectivity index (χ4n) is 4.06. The van der Waals surface area contributed by atoms with Crippen LogP contribution in [-0.4, -0.2) is 58.9 Å². The zero-order valence-electron chi connectivity index (χ0n) is 15.2. The summed E-state index contributed by atoms with van der Waals surface area (Å²) < 4.78 is 0. The van der Waals surface area contributed by atoms with E-state index in [1.165, 1.54) is 0 Å². The van der Waals surface area contributed by atoms with Crippen LogP contribution in [-0.2, 0) is 9.59 Å². The number of amides is 2. The predicted molar refractivity (Wildman–Crippen MR) is 92.1 cm³/mol. The molecular formula is C18H33N3O2. The number of hydrogen-bond acceptors (Lipinski definition) is 3. The number of nitrogens with one attached hydrogen (secondary N) is 1. The molecule has 0 bridgehead atoms. The Morgan fingerprint density at radius 3 is 2.61 bits per heavy atom. The molecule has 0 unspecified atom stereocenters. The highest BCUT2D eigenvalue weighted by molar-refractivity contribution is 5.87. The lowest BCUT2D eigenvalue weighted by Gasteiger charge is -2.38. The predicted octanol–water partition coefficient (Wildman–Crippen LogP) is 2.16. The van der Waals surface area contributed by atoms with Crippen LogP contribution >= 0.6 is 0 Å². The van der Waals surface area contributed by atoms with Crippen molar-refractivity contribution in [1.29, 1.82) is 0 Å². The van der Waals surface area contributed by atoms with Gasteiger partial charge in [0.2, 0.25) is 11.8 Å². The molecule has 132 valence electrons. The maximum atomic E-state index is 12.4. The molecular weight excluding hydrogens is 290 g/mol. The third-order valence-electron chi connectivity index (χ3n) is 5.60. The first-order chi connectivity index (χ1) is 10.9. The molecule has 0 aromatic carbocycles. The maximum Gasteiger partial charge on any atom is 0.239 e. The van der Waals surface area contributed by atoms with Gasteiger partial charge in [-0.3, -0.25) is 9.59 Å². The van der Waals surface area contributed by atoms with Crippen LogP contribution in [0.4, 0.5) is 0 Å². The fraction of sp³-hybridized carbons (Fsp3) is 0.889. The van der Waals surface area contributed by atoms with E-state index in [0.717, 1.165) is 45.2 Å². The van der Waals surface area contributed by atoms with Gasteiger partial charge in [0.05, 0.1) is 0 Å². The van der Waals surface area contributed by atoms with E-state index in [2.05, 4.69) is 24.1 Å². The zero-order valence-corrected chi connectivity index (χ0v) is 15.2. The first kappa shape index (κ1) is 18.2. The normalized spacial score (nSPS) is 27.5. The van der Waals surface area contributed by atoms with E-state index in [1.54, 1.807) is 0 Å². The van der Waals surface area contributed by atoms with Gasteiger partial charge in [0.1, 0.15) is 6.54 Å². The van der Waals surface area contributed by atoms with Crippen LogP contribution in [0.3, 0.4) is 0 Å². The van der Waals surface area contributed by atoms with E-state index in [0.29, 0.717) is 12.5 Å². The SMILES string of the molecule is CC[C@@H](C)N1CCC[C@@]2(CCC(=O)N2CC(=O)NC(C)C)CC1. The van der Waals surface area contributed by atoms with Crippen LogP contribution in [0.25, 0.3) is 0 Å². The van der Waals surface area contributed by atoms with Gasteiger partial charge in [-0.15, -0.1) is 0 Å². The lowest BCUT2D eigenvalue weighted by atomic mass is 9.87. The minimum atomic E-state index is -0.0897. The molecule has 1 N–H and O–H groups in total. The molecule has 2 fully saturated rings. The lowest BCUT2D eigenvalue weighted by Crippen LogP contribution is -2.51. The summed E-state index contributed by atoms with van der Waals surface area (Å²) in [6.07, 6.45) is 5.80. The molecule has 2 heterocycles. The Balaban J connectivity index is 2.06. The molecule has 1 spiro atoms. The Morgan fingerprint density at radius 1 is 1.22 bits per heavy atom. The van der Waals surface area contributed by atoms with Gasteiger partial charge >= 0.3 is 0 Å². The van der Waals surface area contributed by atoms with Crippen LogP contribution in [0.1, 0.15) is 66.2 Å². The monoisotopic (exact) mass is 323 g/mol. The quantitative estimate of drug-likeness (QED) is 0.843. The molecule has 0 aromatic rings. The van der Waals surface area contributed by atoms with Gasteiger partial charge in [0.25, 0.3) is 0 Å². The molecule has 5 nitrogen and oxygen atoms in total. The Labute approximate surface area is 140 Å². The number of nitrogens with zero attached hydrogens (tertiary/aromatic N) is 2. The van der Waals surface area contributed by atoms with Gasteiger partial charge in [-0.05, 0) is 59.4 Å². The summed E-state index contributed by atoms with van der Waals surface area (Å²) in [4.78, 5) is 29.0. The smallest absolute Gasteiger partial charge is 0.239 e. The van der Waals surface area contributed by atoms with Gasteiger partial charge in [-0.1, -0.05) is 6.92 Å². The van der Waals surface area contributed by atoms with Crippen molar-refractivity contribution >= 4 is 11.8 Å². The van der Waals surface area contributed by atoms with Crippen LogP contribution in [0.2, 0.25) is 0 Å². The van der Waals surface area contributed by atoms with E-state index in [-0.39, 0.29) is 29.9 Å². The second-order valence-electron chi connectivity index (χ2n) is 7.57. The molecule has 2 saturated heterocycles. The van der Waals surface area contributed by atoms with Crippen LogP contribution in [0, 0.1) is 0 Å². The highest BCUT2D eigenvalue weighted by atomic mass is 16.2. The van der Waals surface area contributed by atoms with Crippen molar-refractivity contribution in [2.75, 3.05) is 19.6 Å². The molecule has 0 saturated carbocycles. The summed E-state index contributed by atoms with van der Waals surface area (Å²) >= 11 is 0. The fourth-order valence-corrected chi connectivity index (χ4v) is 4.06. The van der Waals surface area contributed by atoms with Crippen molar-refractivity contribution in [3.05, 3.63) is 0 Å². The van der Waals surface area contributed by atoms with Crippen molar-refractivity contribution in [1.82, 2.24) is 15.1 Å². The molecule has 5 heteroatoms. The highest BCUT2D eigenvalue weighted by Crippen LogP contribution is 2.39. The van der Waals surface area contributed by atoms with Gasteiger partial charge in [0, 0.05) is 30.6 Å². The minimum Gasteiger partial charge on any atom is -0.352 e. The summed E-state index contributed by atoms with van der Waals surface area (Å²) in [7, 11) is 0. The summed E-state index contributed by atoms with van der Waals surface area (Å²) in [6, 6.07) is 0.714. The van der Waals surface area contributed by atoms with Gasteiger partial charge < -0.3 is 15.1 Å². The largest absolute Gasteiger partial charge is 0.352 e. The van der Waals surface area contributed by atoms with E-state index >= 15 is 0 Å². The molecule has 0 radical (unpaired) electrons. The number of carbonyl (C=O) groups is 2. The molecule has 0 aliphatic carbocycles. The van der Waals surface area contributed by atoms with Crippen molar-refractivity contribution < 1.29 is 9.59 Å². The highest BCUT2D eigenvalue weighted by Gasteiger charge is 2.46. The molecule has 2 aliphatic rings. The number of hydrogen-bond donors (Lipinski definition) is 1. The molecule has 2 atom stereocenters. The average Bonchev–Trinajstić information content (AvgIpc) is 2.68. The minimum absolute atomic E-state index is 0.0299. The Hall–Kier alpha value is -1.10. The van der Waals surface area contributed by atoms with E-state index in [4.69, 9.17) is 0 Å². The lowest BCUT2D eigenvalue weighted by molar-refractivity contribution is -0.137. The van der Waals surface area contributed by atoms with Gasteiger partial charge in [0.15, 0.2) is 0 Å². The Bertz CT molecular complexity index is 438. The second-order valence-corrected chi connectivity index (χ2v) is 7.57. The van der Waals surface area contributed by atoms with Crippen molar-refractivity contribution in [2.45, 2.75) is 83.8 Å². The van der Waals surface area contributed by atoms with Crippen LogP contribution in [0.15, 0.2) is 0 Å². The van der Waals surface area contributed by atoms with Crippen LogP contribution < -0.4 is 5.32 Å². The number of likely N-dealkylation sites (tertiary alicyclic amines) is 2. The second kappa shape index (κ2) is 7.65. The molecule has 2 rings (SSSR count).